The maximum atomic E-state index is 13.7. The van der Waals surface area contributed by atoms with Crippen LogP contribution in [0.4, 0.5) is 10.2 Å². The van der Waals surface area contributed by atoms with Crippen LogP contribution in [0.3, 0.4) is 0 Å². The molecule has 4 rings (SSSR count). The molecule has 0 amide bonds. The van der Waals surface area contributed by atoms with E-state index in [1.807, 2.05) is 24.3 Å². The molecule has 8 heteroatoms. The predicted octanol–water partition coefficient (Wildman–Crippen LogP) is 1.52. The topological polar surface area (TPSA) is 76.4 Å². The number of aromatic nitrogens is 4. The van der Waals surface area contributed by atoms with Gasteiger partial charge in [-0.2, -0.15) is 0 Å². The smallest absolute Gasteiger partial charge is 0.231 e. The monoisotopic (exact) mass is 328 g/mol. The summed E-state index contributed by atoms with van der Waals surface area (Å²) in [5.41, 5.74) is 2.15. The van der Waals surface area contributed by atoms with Crippen LogP contribution in [-0.2, 0) is 0 Å². The number of hydrogen-bond donors (Lipinski definition) is 2. The van der Waals surface area contributed by atoms with Crippen LogP contribution in [-0.4, -0.2) is 52.0 Å². The van der Waals surface area contributed by atoms with E-state index in [1.165, 1.54) is 0 Å². The van der Waals surface area contributed by atoms with Crippen LogP contribution in [0, 0.1) is 0 Å². The molecule has 0 bridgehead atoms. The van der Waals surface area contributed by atoms with E-state index in [1.54, 1.807) is 23.9 Å². The van der Waals surface area contributed by atoms with E-state index >= 15 is 0 Å². The minimum Gasteiger partial charge on any atom is -0.480 e. The van der Waals surface area contributed by atoms with Gasteiger partial charge in [-0.1, -0.05) is 6.07 Å². The zero-order chi connectivity index (χ0) is 16.5. The number of imidazole rings is 1. The molecular formula is C16H17FN6O. The number of rotatable bonds is 4. The Morgan fingerprint density at radius 3 is 3.00 bits per heavy atom. The van der Waals surface area contributed by atoms with E-state index in [2.05, 4.69) is 25.7 Å². The third-order valence-corrected chi connectivity index (χ3v) is 4.03. The second kappa shape index (κ2) is 6.04. The molecule has 2 atom stereocenters. The molecule has 7 nitrogen and oxygen atoms in total. The molecule has 0 aromatic carbocycles. The lowest BCUT2D eigenvalue weighted by molar-refractivity contribution is 0.342. The molecule has 0 spiro atoms. The fourth-order valence-corrected chi connectivity index (χ4v) is 2.78. The molecule has 3 aromatic heterocycles. The van der Waals surface area contributed by atoms with Gasteiger partial charge in [0.15, 0.2) is 5.65 Å². The lowest BCUT2D eigenvalue weighted by atomic mass is 10.2. The van der Waals surface area contributed by atoms with Crippen LogP contribution in [0.25, 0.3) is 17.0 Å². The summed E-state index contributed by atoms with van der Waals surface area (Å²) in [7, 11) is 1.57. The fourth-order valence-electron chi connectivity index (χ4n) is 2.78. The molecule has 24 heavy (non-hydrogen) atoms. The Bertz CT molecular complexity index is 867. The third kappa shape index (κ3) is 2.65. The van der Waals surface area contributed by atoms with Gasteiger partial charge in [-0.15, -0.1) is 5.10 Å². The molecule has 4 heterocycles. The second-order valence-electron chi connectivity index (χ2n) is 5.62. The Morgan fingerprint density at radius 2 is 2.21 bits per heavy atom. The number of methoxy groups -OCH3 is 1. The third-order valence-electron chi connectivity index (χ3n) is 4.03. The van der Waals surface area contributed by atoms with E-state index in [0.717, 1.165) is 5.69 Å². The summed E-state index contributed by atoms with van der Waals surface area (Å²) < 4.78 is 20.6. The van der Waals surface area contributed by atoms with Crippen LogP contribution < -0.4 is 15.4 Å². The largest absolute Gasteiger partial charge is 0.480 e. The molecule has 0 saturated carbocycles. The van der Waals surface area contributed by atoms with Crippen molar-refractivity contribution < 1.29 is 9.13 Å². The number of fused-ring (bicyclic) bond motifs is 1. The van der Waals surface area contributed by atoms with Crippen molar-refractivity contribution in [3.05, 3.63) is 36.5 Å². The molecule has 0 radical (unpaired) electrons. The molecule has 3 aromatic rings. The van der Waals surface area contributed by atoms with Crippen molar-refractivity contribution in [1.29, 1.82) is 0 Å². The van der Waals surface area contributed by atoms with Crippen molar-refractivity contribution in [3.8, 4) is 17.3 Å². The highest BCUT2D eigenvalue weighted by atomic mass is 19.1. The van der Waals surface area contributed by atoms with E-state index in [-0.39, 0.29) is 6.04 Å². The zero-order valence-corrected chi connectivity index (χ0v) is 13.1. The van der Waals surface area contributed by atoms with Crippen molar-refractivity contribution >= 4 is 11.5 Å². The van der Waals surface area contributed by atoms with Gasteiger partial charge in [0.2, 0.25) is 5.88 Å². The second-order valence-corrected chi connectivity index (χ2v) is 5.62. The highest BCUT2D eigenvalue weighted by Crippen LogP contribution is 2.22. The molecule has 0 unspecified atom stereocenters. The summed E-state index contributed by atoms with van der Waals surface area (Å²) in [5, 5.41) is 10.5. The first-order chi connectivity index (χ1) is 11.7. The molecule has 124 valence electrons. The first kappa shape index (κ1) is 14.8. The molecule has 2 N–H and O–H groups in total. The number of alkyl halides is 1. The van der Waals surface area contributed by atoms with E-state index in [4.69, 9.17) is 4.74 Å². The lowest BCUT2D eigenvalue weighted by Gasteiger charge is -2.15. The number of nitrogens with one attached hydrogen (secondary N) is 2. The van der Waals surface area contributed by atoms with Crippen LogP contribution in [0.15, 0.2) is 36.5 Å². The van der Waals surface area contributed by atoms with Crippen molar-refractivity contribution in [2.24, 2.45) is 0 Å². The van der Waals surface area contributed by atoms with Crippen LogP contribution >= 0.6 is 0 Å². The van der Waals surface area contributed by atoms with Gasteiger partial charge >= 0.3 is 0 Å². The summed E-state index contributed by atoms with van der Waals surface area (Å²) >= 11 is 0. The standard InChI is InChI=1S/C16H17FN6O/c1-24-16-6-5-15-19-9-13(23(15)22-16)11-3-2-4-14(20-11)21-12-8-18-7-10(12)17/h2-6,9-10,12,18H,7-8H2,1H3,(H,20,21)/t10-,12-/m0/s1. The van der Waals surface area contributed by atoms with Gasteiger partial charge in [-0.25, -0.2) is 18.9 Å². The average Bonchev–Trinajstić information content (AvgIpc) is 3.21. The normalized spacial score (nSPS) is 20.4. The summed E-state index contributed by atoms with van der Waals surface area (Å²) in [5.74, 6) is 1.12. The van der Waals surface area contributed by atoms with Gasteiger partial charge in [0.05, 0.1) is 25.0 Å². The number of pyridine rings is 1. The SMILES string of the molecule is COc1ccc2ncc(-c3cccc(N[C@H]4CNC[C@@H]4F)n3)n2n1. The molecule has 0 aliphatic carbocycles. The van der Waals surface area contributed by atoms with Gasteiger partial charge < -0.3 is 15.4 Å². The number of ether oxygens (including phenoxy) is 1. The van der Waals surface area contributed by atoms with E-state index in [0.29, 0.717) is 36.1 Å². The van der Waals surface area contributed by atoms with Crippen molar-refractivity contribution in [2.45, 2.75) is 12.2 Å². The van der Waals surface area contributed by atoms with Crippen molar-refractivity contribution in [1.82, 2.24) is 24.9 Å². The molecule has 1 fully saturated rings. The Hall–Kier alpha value is -2.74. The number of anilines is 1. The highest BCUT2D eigenvalue weighted by Gasteiger charge is 2.26. The average molecular weight is 328 g/mol. The van der Waals surface area contributed by atoms with Crippen LogP contribution in [0.2, 0.25) is 0 Å². The zero-order valence-electron chi connectivity index (χ0n) is 13.1. The first-order valence-corrected chi connectivity index (χ1v) is 7.72. The minimum atomic E-state index is -0.919. The molecular weight excluding hydrogens is 311 g/mol. The van der Waals surface area contributed by atoms with E-state index < -0.39 is 6.17 Å². The van der Waals surface area contributed by atoms with Gasteiger partial charge in [-0.3, -0.25) is 0 Å². The first-order valence-electron chi connectivity index (χ1n) is 7.72. The summed E-state index contributed by atoms with van der Waals surface area (Å²) in [6.45, 7) is 0.954. The summed E-state index contributed by atoms with van der Waals surface area (Å²) in [6.07, 6.45) is 0.792. The minimum absolute atomic E-state index is 0.270. The van der Waals surface area contributed by atoms with Gasteiger partial charge in [0.25, 0.3) is 0 Å². The van der Waals surface area contributed by atoms with Gasteiger partial charge in [0.1, 0.15) is 17.7 Å². The molecule has 1 saturated heterocycles. The maximum absolute atomic E-state index is 13.7. The lowest BCUT2D eigenvalue weighted by Crippen LogP contribution is -2.29. The van der Waals surface area contributed by atoms with Crippen molar-refractivity contribution in [3.63, 3.8) is 0 Å². The number of hydrogen-bond acceptors (Lipinski definition) is 6. The Kier molecular flexibility index (Phi) is 3.73. The quantitative estimate of drug-likeness (QED) is 0.756. The Balaban J connectivity index is 1.68. The maximum Gasteiger partial charge on any atom is 0.231 e. The molecule has 1 aliphatic rings. The molecule has 1 aliphatic heterocycles. The van der Waals surface area contributed by atoms with E-state index in [9.17, 15) is 4.39 Å². The van der Waals surface area contributed by atoms with Crippen LogP contribution in [0.1, 0.15) is 0 Å². The Labute approximate surface area is 137 Å². The number of nitrogens with zero attached hydrogens (tertiary/aromatic N) is 4. The highest BCUT2D eigenvalue weighted by molar-refractivity contribution is 5.61. The predicted molar refractivity (Wildman–Crippen MR) is 87.9 cm³/mol. The van der Waals surface area contributed by atoms with Crippen LogP contribution in [0.5, 0.6) is 5.88 Å². The van der Waals surface area contributed by atoms with Crippen molar-refractivity contribution in [2.75, 3.05) is 25.5 Å². The van der Waals surface area contributed by atoms with Gasteiger partial charge in [0, 0.05) is 19.2 Å². The summed E-state index contributed by atoms with van der Waals surface area (Å²) in [4.78, 5) is 8.90. The van der Waals surface area contributed by atoms with Gasteiger partial charge in [-0.05, 0) is 18.2 Å². The number of halogens is 1. The summed E-state index contributed by atoms with van der Waals surface area (Å²) in [6, 6.07) is 8.89. The fraction of sp³-hybridized carbons (Fsp3) is 0.312. The Morgan fingerprint density at radius 1 is 1.29 bits per heavy atom.